The molecule has 2 aliphatic carbocycles. The molecule has 2 aliphatic rings. The summed E-state index contributed by atoms with van der Waals surface area (Å²) in [4.78, 5) is 0. The quantitative estimate of drug-likeness (QED) is 0.909. The number of hydrogen-bond acceptors (Lipinski definition) is 4. The first-order valence-corrected chi connectivity index (χ1v) is 7.11. The van der Waals surface area contributed by atoms with Crippen molar-refractivity contribution >= 4 is 5.69 Å². The second-order valence-electron chi connectivity index (χ2n) is 5.76. The maximum absolute atomic E-state index is 14.0. The lowest BCUT2D eigenvalue weighted by atomic mass is 10.1. The number of anilines is 1. The van der Waals surface area contributed by atoms with E-state index in [1.54, 1.807) is 12.1 Å². The fraction of sp³-hybridized carbons (Fsp3) is 0.500. The van der Waals surface area contributed by atoms with E-state index in [4.69, 9.17) is 0 Å². The molecule has 5 nitrogen and oxygen atoms in total. The van der Waals surface area contributed by atoms with E-state index in [0.29, 0.717) is 11.7 Å². The monoisotopic (exact) mass is 273 g/mol. The first kappa shape index (κ1) is 11.8. The van der Waals surface area contributed by atoms with Crippen molar-refractivity contribution in [3.8, 4) is 5.69 Å². The Kier molecular flexibility index (Phi) is 2.68. The minimum Gasteiger partial charge on any atom is -0.379 e. The predicted octanol–water partition coefficient (Wildman–Crippen LogP) is 2.40. The molecule has 0 aliphatic heterocycles. The highest BCUT2D eigenvalue weighted by Crippen LogP contribution is 2.46. The van der Waals surface area contributed by atoms with Gasteiger partial charge in [-0.15, -0.1) is 5.10 Å². The molecule has 1 aromatic heterocycles. The van der Waals surface area contributed by atoms with E-state index in [2.05, 4.69) is 20.8 Å². The van der Waals surface area contributed by atoms with Crippen molar-refractivity contribution in [2.45, 2.75) is 31.7 Å². The Hall–Kier alpha value is -1.98. The van der Waals surface area contributed by atoms with Gasteiger partial charge in [0.25, 0.3) is 0 Å². The number of rotatable bonds is 5. The molecule has 2 aromatic rings. The molecule has 4 rings (SSSR count). The Morgan fingerprint density at radius 2 is 1.95 bits per heavy atom. The Morgan fingerprint density at radius 3 is 2.55 bits per heavy atom. The number of nitrogens with one attached hydrogen (secondary N) is 1. The Labute approximate surface area is 116 Å². The van der Waals surface area contributed by atoms with Gasteiger partial charge in [-0.05, 0) is 66.1 Å². The van der Waals surface area contributed by atoms with Gasteiger partial charge in [-0.25, -0.2) is 9.07 Å². The number of benzene rings is 1. The number of hydrogen-bond donors (Lipinski definition) is 1. The van der Waals surface area contributed by atoms with Crippen molar-refractivity contribution in [1.29, 1.82) is 0 Å². The minimum absolute atomic E-state index is 0.215. The topological polar surface area (TPSA) is 55.6 Å². The SMILES string of the molecule is Fc1ccc(-n2cnnn2)cc1NC(C1CC1)C1CC1. The molecule has 0 radical (unpaired) electrons. The van der Waals surface area contributed by atoms with E-state index in [0.717, 1.165) is 17.5 Å². The van der Waals surface area contributed by atoms with E-state index in [9.17, 15) is 4.39 Å². The van der Waals surface area contributed by atoms with Gasteiger partial charge in [-0.1, -0.05) is 0 Å². The summed E-state index contributed by atoms with van der Waals surface area (Å²) in [6.45, 7) is 0. The second kappa shape index (κ2) is 4.54. The summed E-state index contributed by atoms with van der Waals surface area (Å²) in [6.07, 6.45) is 6.58. The fourth-order valence-corrected chi connectivity index (χ4v) is 2.76. The van der Waals surface area contributed by atoms with Gasteiger partial charge < -0.3 is 5.32 Å². The Balaban J connectivity index is 1.61. The summed E-state index contributed by atoms with van der Waals surface area (Å²) in [7, 11) is 0. The Bertz CT molecular complexity index is 592. The van der Waals surface area contributed by atoms with E-state index in [1.807, 2.05) is 0 Å². The predicted molar refractivity (Wildman–Crippen MR) is 72.0 cm³/mol. The van der Waals surface area contributed by atoms with Gasteiger partial charge in [-0.2, -0.15) is 0 Å². The molecule has 104 valence electrons. The molecular formula is C14H16FN5. The van der Waals surface area contributed by atoms with Gasteiger partial charge in [0.05, 0.1) is 11.4 Å². The number of aromatic nitrogens is 4. The minimum atomic E-state index is -0.215. The highest BCUT2D eigenvalue weighted by Gasteiger charge is 2.41. The van der Waals surface area contributed by atoms with Gasteiger partial charge >= 0.3 is 0 Å². The highest BCUT2D eigenvalue weighted by atomic mass is 19.1. The average molecular weight is 273 g/mol. The van der Waals surface area contributed by atoms with Crippen LogP contribution in [0.5, 0.6) is 0 Å². The van der Waals surface area contributed by atoms with Crippen LogP contribution in [0.2, 0.25) is 0 Å². The second-order valence-corrected chi connectivity index (χ2v) is 5.76. The maximum atomic E-state index is 14.0. The van der Waals surface area contributed by atoms with E-state index in [1.165, 1.54) is 42.8 Å². The van der Waals surface area contributed by atoms with Crippen LogP contribution < -0.4 is 5.32 Å². The smallest absolute Gasteiger partial charge is 0.146 e. The molecule has 0 spiro atoms. The van der Waals surface area contributed by atoms with Crippen LogP contribution in [0.4, 0.5) is 10.1 Å². The fourth-order valence-electron chi connectivity index (χ4n) is 2.76. The summed E-state index contributed by atoms with van der Waals surface area (Å²) in [5.74, 6) is 1.23. The van der Waals surface area contributed by atoms with Gasteiger partial charge in [-0.3, -0.25) is 0 Å². The van der Waals surface area contributed by atoms with Crippen LogP contribution in [0.15, 0.2) is 24.5 Å². The summed E-state index contributed by atoms with van der Waals surface area (Å²) in [6, 6.07) is 5.35. The normalized spacial score (nSPS) is 18.5. The summed E-state index contributed by atoms with van der Waals surface area (Å²) >= 11 is 0. The lowest BCUT2D eigenvalue weighted by Gasteiger charge is -2.20. The summed E-state index contributed by atoms with van der Waals surface area (Å²) in [5, 5.41) is 14.5. The van der Waals surface area contributed by atoms with Gasteiger partial charge in [0.1, 0.15) is 12.1 Å². The molecule has 1 heterocycles. The molecular weight excluding hydrogens is 257 g/mol. The average Bonchev–Trinajstić information content (AvgIpc) is 3.38. The molecule has 20 heavy (non-hydrogen) atoms. The van der Waals surface area contributed by atoms with Crippen LogP contribution in [-0.4, -0.2) is 26.2 Å². The molecule has 1 aromatic carbocycles. The molecule has 0 unspecified atom stereocenters. The zero-order chi connectivity index (χ0) is 13.5. The molecule has 2 fully saturated rings. The van der Waals surface area contributed by atoms with Crippen molar-refractivity contribution in [3.05, 3.63) is 30.3 Å². The number of tetrazole rings is 1. The van der Waals surface area contributed by atoms with Crippen molar-refractivity contribution in [1.82, 2.24) is 20.2 Å². The third kappa shape index (κ3) is 2.26. The largest absolute Gasteiger partial charge is 0.379 e. The first-order valence-electron chi connectivity index (χ1n) is 7.11. The molecule has 6 heteroatoms. The highest BCUT2D eigenvalue weighted by molar-refractivity contribution is 5.53. The van der Waals surface area contributed by atoms with Gasteiger partial charge in [0.15, 0.2) is 0 Å². The molecule has 0 amide bonds. The summed E-state index contributed by atoms with van der Waals surface area (Å²) in [5.41, 5.74) is 1.33. The van der Waals surface area contributed by atoms with E-state index >= 15 is 0 Å². The van der Waals surface area contributed by atoms with Crippen molar-refractivity contribution in [2.75, 3.05) is 5.32 Å². The van der Waals surface area contributed by atoms with Crippen LogP contribution in [0.25, 0.3) is 5.69 Å². The zero-order valence-electron chi connectivity index (χ0n) is 11.0. The van der Waals surface area contributed by atoms with Crippen molar-refractivity contribution < 1.29 is 4.39 Å². The van der Waals surface area contributed by atoms with Crippen molar-refractivity contribution in [3.63, 3.8) is 0 Å². The number of halogens is 1. The molecule has 0 bridgehead atoms. The molecule has 2 saturated carbocycles. The first-order chi connectivity index (χ1) is 9.81. The van der Waals surface area contributed by atoms with Crippen LogP contribution >= 0.6 is 0 Å². The Morgan fingerprint density at radius 1 is 1.20 bits per heavy atom. The number of nitrogens with zero attached hydrogens (tertiary/aromatic N) is 4. The molecule has 0 saturated heterocycles. The standard InChI is InChI=1S/C14H16FN5/c15-12-6-5-11(20-8-16-18-19-20)7-13(12)17-14(9-1-2-9)10-3-4-10/h5-10,14,17H,1-4H2. The third-order valence-corrected chi connectivity index (χ3v) is 4.15. The van der Waals surface area contributed by atoms with Crippen LogP contribution in [0.3, 0.4) is 0 Å². The molecule has 1 N–H and O–H groups in total. The van der Waals surface area contributed by atoms with E-state index < -0.39 is 0 Å². The van der Waals surface area contributed by atoms with Gasteiger partial charge in [0.2, 0.25) is 0 Å². The lowest BCUT2D eigenvalue weighted by molar-refractivity contribution is 0.557. The van der Waals surface area contributed by atoms with Gasteiger partial charge in [0, 0.05) is 6.04 Å². The third-order valence-electron chi connectivity index (χ3n) is 4.15. The lowest BCUT2D eigenvalue weighted by Crippen LogP contribution is -2.24. The van der Waals surface area contributed by atoms with Crippen molar-refractivity contribution in [2.24, 2.45) is 11.8 Å². The maximum Gasteiger partial charge on any atom is 0.146 e. The van der Waals surface area contributed by atoms with E-state index in [-0.39, 0.29) is 5.82 Å². The van der Waals surface area contributed by atoms with Crippen LogP contribution in [-0.2, 0) is 0 Å². The van der Waals surface area contributed by atoms with Crippen LogP contribution in [0.1, 0.15) is 25.7 Å². The zero-order valence-corrected chi connectivity index (χ0v) is 11.0. The van der Waals surface area contributed by atoms with Crippen LogP contribution in [0, 0.1) is 17.7 Å². The molecule has 0 atom stereocenters. The summed E-state index contributed by atoms with van der Waals surface area (Å²) < 4.78 is 15.6.